The van der Waals surface area contributed by atoms with Gasteiger partial charge in [-0.2, -0.15) is 0 Å². The first-order valence-electron chi connectivity index (χ1n) is 4.82. The first-order chi connectivity index (χ1) is 6.93. The zero-order valence-electron chi connectivity index (χ0n) is 9.15. The molecule has 0 aliphatic rings. The van der Waals surface area contributed by atoms with Crippen LogP contribution in [-0.4, -0.2) is 11.2 Å². The van der Waals surface area contributed by atoms with Crippen molar-refractivity contribution in [2.24, 2.45) is 11.7 Å². The third kappa shape index (κ3) is 3.40. The van der Waals surface area contributed by atoms with Gasteiger partial charge in [0.1, 0.15) is 11.6 Å². The Labute approximate surface area is 99.9 Å². The number of benzene rings is 1. The number of hydrogen-bond donors (Lipinski definition) is 2. The zero-order valence-corrected chi connectivity index (χ0v) is 9.97. The van der Waals surface area contributed by atoms with Crippen molar-refractivity contribution >= 4 is 12.4 Å². The zero-order chi connectivity index (χ0) is 11.6. The van der Waals surface area contributed by atoms with Gasteiger partial charge in [0.25, 0.3) is 0 Å². The van der Waals surface area contributed by atoms with Crippen LogP contribution < -0.4 is 5.73 Å². The van der Waals surface area contributed by atoms with E-state index in [1.807, 2.05) is 0 Å². The number of hydrogen-bond acceptors (Lipinski definition) is 2. The number of nitrogens with two attached hydrogens (primary N) is 1. The maximum atomic E-state index is 13.3. The number of aliphatic hydroxyl groups is 1. The molecular formula is C11H16ClF2NO. The van der Waals surface area contributed by atoms with E-state index in [1.165, 1.54) is 0 Å². The first-order valence-corrected chi connectivity index (χ1v) is 4.82. The topological polar surface area (TPSA) is 46.2 Å². The lowest BCUT2D eigenvalue weighted by atomic mass is 9.94. The summed E-state index contributed by atoms with van der Waals surface area (Å²) in [5.74, 6) is -1.26. The van der Waals surface area contributed by atoms with E-state index in [0.29, 0.717) is 0 Å². The molecule has 1 rings (SSSR count). The van der Waals surface area contributed by atoms with Gasteiger partial charge in [-0.15, -0.1) is 12.4 Å². The average Bonchev–Trinajstić information content (AvgIpc) is 2.19. The molecule has 1 aromatic carbocycles. The SMILES string of the molecule is CC(C)[C@@H](O)[C@@H](N)c1cc(F)ccc1F.Cl. The van der Waals surface area contributed by atoms with Gasteiger partial charge in [0, 0.05) is 5.56 Å². The van der Waals surface area contributed by atoms with Crippen LogP contribution >= 0.6 is 12.4 Å². The molecule has 0 aliphatic carbocycles. The van der Waals surface area contributed by atoms with Gasteiger partial charge in [-0.3, -0.25) is 0 Å². The van der Waals surface area contributed by atoms with Crippen molar-refractivity contribution < 1.29 is 13.9 Å². The lowest BCUT2D eigenvalue weighted by Gasteiger charge is -2.22. The van der Waals surface area contributed by atoms with Gasteiger partial charge in [0.15, 0.2) is 0 Å². The van der Waals surface area contributed by atoms with Crippen molar-refractivity contribution in [3.63, 3.8) is 0 Å². The largest absolute Gasteiger partial charge is 0.391 e. The van der Waals surface area contributed by atoms with E-state index < -0.39 is 23.8 Å². The Hall–Kier alpha value is -0.710. The van der Waals surface area contributed by atoms with Crippen LogP contribution in [0, 0.1) is 17.6 Å². The van der Waals surface area contributed by atoms with E-state index >= 15 is 0 Å². The van der Waals surface area contributed by atoms with E-state index in [0.717, 1.165) is 18.2 Å². The maximum Gasteiger partial charge on any atom is 0.128 e. The van der Waals surface area contributed by atoms with Gasteiger partial charge >= 0.3 is 0 Å². The van der Waals surface area contributed by atoms with E-state index in [2.05, 4.69) is 0 Å². The second-order valence-electron chi connectivity index (χ2n) is 3.93. The van der Waals surface area contributed by atoms with Gasteiger partial charge in [0.2, 0.25) is 0 Å². The molecule has 0 fully saturated rings. The molecule has 0 amide bonds. The van der Waals surface area contributed by atoms with Crippen molar-refractivity contribution in [3.05, 3.63) is 35.4 Å². The molecule has 0 aliphatic heterocycles. The highest BCUT2D eigenvalue weighted by Crippen LogP contribution is 2.22. The van der Waals surface area contributed by atoms with Crippen molar-refractivity contribution in [1.82, 2.24) is 0 Å². The second kappa shape index (κ2) is 6.13. The Morgan fingerprint density at radius 2 is 1.81 bits per heavy atom. The smallest absolute Gasteiger partial charge is 0.128 e. The second-order valence-corrected chi connectivity index (χ2v) is 3.93. The molecule has 0 bridgehead atoms. The molecule has 0 aromatic heterocycles. The van der Waals surface area contributed by atoms with Crippen molar-refractivity contribution in [2.45, 2.75) is 26.0 Å². The van der Waals surface area contributed by atoms with E-state index in [9.17, 15) is 13.9 Å². The lowest BCUT2D eigenvalue weighted by molar-refractivity contribution is 0.0965. The Morgan fingerprint density at radius 3 is 2.31 bits per heavy atom. The van der Waals surface area contributed by atoms with Gasteiger partial charge in [-0.1, -0.05) is 13.8 Å². The van der Waals surface area contributed by atoms with E-state index in [-0.39, 0.29) is 23.9 Å². The monoisotopic (exact) mass is 251 g/mol. The van der Waals surface area contributed by atoms with Gasteiger partial charge < -0.3 is 10.8 Å². The molecule has 0 unspecified atom stereocenters. The minimum Gasteiger partial charge on any atom is -0.391 e. The quantitative estimate of drug-likeness (QED) is 0.867. The molecule has 92 valence electrons. The fourth-order valence-corrected chi connectivity index (χ4v) is 1.37. The molecule has 2 nitrogen and oxygen atoms in total. The molecule has 3 N–H and O–H groups in total. The predicted octanol–water partition coefficient (Wildman–Crippen LogP) is 2.40. The summed E-state index contributed by atoms with van der Waals surface area (Å²) < 4.78 is 26.2. The molecular weight excluding hydrogens is 236 g/mol. The van der Waals surface area contributed by atoms with Crippen LogP contribution in [0.15, 0.2) is 18.2 Å². The van der Waals surface area contributed by atoms with Crippen molar-refractivity contribution in [1.29, 1.82) is 0 Å². The Balaban J connectivity index is 0.00000225. The summed E-state index contributed by atoms with van der Waals surface area (Å²) in [6, 6.07) is 2.15. The summed E-state index contributed by atoms with van der Waals surface area (Å²) in [7, 11) is 0. The standard InChI is InChI=1S/C11H15F2NO.ClH/c1-6(2)11(15)10(14)8-5-7(12)3-4-9(8)13;/h3-6,10-11,15H,14H2,1-2H3;1H/t10-,11+;/m0./s1. The fraction of sp³-hybridized carbons (Fsp3) is 0.455. The molecule has 0 saturated carbocycles. The normalized spacial score (nSPS) is 14.4. The Bertz CT molecular complexity index is 347. The van der Waals surface area contributed by atoms with E-state index in [4.69, 9.17) is 5.73 Å². The fourth-order valence-electron chi connectivity index (χ4n) is 1.37. The predicted molar refractivity (Wildman–Crippen MR) is 61.4 cm³/mol. The summed E-state index contributed by atoms with van der Waals surface area (Å²) in [5.41, 5.74) is 5.66. The van der Waals surface area contributed by atoms with Crippen LogP contribution in [-0.2, 0) is 0 Å². The number of halogens is 3. The highest BCUT2D eigenvalue weighted by atomic mass is 35.5. The summed E-state index contributed by atoms with van der Waals surface area (Å²) in [6.07, 6.45) is -0.888. The molecule has 1 aromatic rings. The van der Waals surface area contributed by atoms with Gasteiger partial charge in [-0.05, 0) is 24.1 Å². The third-order valence-electron chi connectivity index (χ3n) is 2.37. The molecule has 5 heteroatoms. The van der Waals surface area contributed by atoms with E-state index in [1.54, 1.807) is 13.8 Å². The van der Waals surface area contributed by atoms with Crippen molar-refractivity contribution in [2.75, 3.05) is 0 Å². The molecule has 0 saturated heterocycles. The Morgan fingerprint density at radius 1 is 1.25 bits per heavy atom. The van der Waals surface area contributed by atoms with Crippen LogP contribution in [0.4, 0.5) is 8.78 Å². The third-order valence-corrected chi connectivity index (χ3v) is 2.37. The van der Waals surface area contributed by atoms with Gasteiger partial charge in [0.05, 0.1) is 12.1 Å². The minimum absolute atomic E-state index is 0. The highest BCUT2D eigenvalue weighted by Gasteiger charge is 2.23. The van der Waals surface area contributed by atoms with Crippen LogP contribution in [0.3, 0.4) is 0 Å². The van der Waals surface area contributed by atoms with Crippen LogP contribution in [0.25, 0.3) is 0 Å². The number of aliphatic hydroxyl groups excluding tert-OH is 1. The summed E-state index contributed by atoms with van der Waals surface area (Å²) in [5, 5.41) is 9.65. The number of rotatable bonds is 3. The minimum atomic E-state index is -0.902. The maximum absolute atomic E-state index is 13.3. The molecule has 0 spiro atoms. The van der Waals surface area contributed by atoms with Crippen LogP contribution in [0.1, 0.15) is 25.5 Å². The Kier molecular flexibility index (Phi) is 5.86. The lowest BCUT2D eigenvalue weighted by Crippen LogP contribution is -2.31. The average molecular weight is 252 g/mol. The van der Waals surface area contributed by atoms with Crippen LogP contribution in [0.5, 0.6) is 0 Å². The van der Waals surface area contributed by atoms with Crippen LogP contribution in [0.2, 0.25) is 0 Å². The van der Waals surface area contributed by atoms with Gasteiger partial charge in [-0.25, -0.2) is 8.78 Å². The molecule has 16 heavy (non-hydrogen) atoms. The summed E-state index contributed by atoms with van der Waals surface area (Å²) in [6.45, 7) is 3.53. The molecule has 0 radical (unpaired) electrons. The highest BCUT2D eigenvalue weighted by molar-refractivity contribution is 5.85. The summed E-state index contributed by atoms with van der Waals surface area (Å²) >= 11 is 0. The molecule has 0 heterocycles. The molecule has 2 atom stereocenters. The summed E-state index contributed by atoms with van der Waals surface area (Å²) in [4.78, 5) is 0. The van der Waals surface area contributed by atoms with Crippen molar-refractivity contribution in [3.8, 4) is 0 Å². The first kappa shape index (κ1) is 15.3.